The molecule has 1 heterocycles. The maximum atomic E-state index is 5.13. The Hall–Kier alpha value is -3.59. The Labute approximate surface area is 177 Å². The Morgan fingerprint density at radius 2 is 1.47 bits per heavy atom. The number of rotatable bonds is 4. The van der Waals surface area contributed by atoms with Gasteiger partial charge in [-0.1, -0.05) is 72.8 Å². The van der Waals surface area contributed by atoms with Crippen molar-refractivity contribution < 1.29 is 0 Å². The third-order valence-corrected chi connectivity index (χ3v) is 5.83. The van der Waals surface area contributed by atoms with E-state index in [0.717, 1.165) is 17.8 Å². The van der Waals surface area contributed by atoms with Crippen molar-refractivity contribution in [1.82, 2.24) is 0 Å². The Balaban J connectivity index is 1.58. The van der Waals surface area contributed by atoms with Gasteiger partial charge in [0.2, 0.25) is 0 Å². The number of hydrogen-bond donors (Lipinski definition) is 0. The summed E-state index contributed by atoms with van der Waals surface area (Å²) in [5, 5.41) is 9.83. The van der Waals surface area contributed by atoms with Crippen molar-refractivity contribution in [3.05, 3.63) is 108 Å². The van der Waals surface area contributed by atoms with Crippen LogP contribution in [0, 0.1) is 0 Å². The van der Waals surface area contributed by atoms with Gasteiger partial charge in [-0.15, -0.1) is 0 Å². The summed E-state index contributed by atoms with van der Waals surface area (Å²) in [6.45, 7) is 0. The molecule has 0 aliphatic carbocycles. The SMILES string of the molecule is CN(C)c1ccc(C2CC(c3cccc4ccccc34)=NN2c2ccccc2)cc1. The molecule has 0 saturated carbocycles. The molecule has 1 atom stereocenters. The maximum Gasteiger partial charge on any atom is 0.0831 e. The molecule has 30 heavy (non-hydrogen) atoms. The van der Waals surface area contributed by atoms with Crippen molar-refractivity contribution in [3.63, 3.8) is 0 Å². The Kier molecular flexibility index (Phi) is 4.72. The van der Waals surface area contributed by atoms with E-state index in [2.05, 4.69) is 121 Å². The molecule has 0 spiro atoms. The second-order valence-corrected chi connectivity index (χ2v) is 7.96. The third-order valence-electron chi connectivity index (χ3n) is 5.83. The van der Waals surface area contributed by atoms with Gasteiger partial charge in [-0.05, 0) is 40.6 Å². The van der Waals surface area contributed by atoms with E-state index in [9.17, 15) is 0 Å². The van der Waals surface area contributed by atoms with Crippen LogP contribution in [-0.4, -0.2) is 19.8 Å². The van der Waals surface area contributed by atoms with Gasteiger partial charge in [-0.25, -0.2) is 0 Å². The van der Waals surface area contributed by atoms with E-state index in [1.807, 2.05) is 0 Å². The minimum atomic E-state index is 0.178. The van der Waals surface area contributed by atoms with Crippen LogP contribution >= 0.6 is 0 Å². The van der Waals surface area contributed by atoms with E-state index in [0.29, 0.717) is 0 Å². The van der Waals surface area contributed by atoms with Gasteiger partial charge < -0.3 is 4.90 Å². The highest BCUT2D eigenvalue weighted by Gasteiger charge is 2.30. The van der Waals surface area contributed by atoms with Crippen LogP contribution in [0.5, 0.6) is 0 Å². The zero-order valence-corrected chi connectivity index (χ0v) is 17.4. The molecule has 0 saturated heterocycles. The average molecular weight is 392 g/mol. The molecule has 3 heteroatoms. The summed E-state index contributed by atoms with van der Waals surface area (Å²) in [4.78, 5) is 2.13. The Morgan fingerprint density at radius 1 is 0.767 bits per heavy atom. The summed E-state index contributed by atoms with van der Waals surface area (Å²) in [6.07, 6.45) is 0.879. The monoisotopic (exact) mass is 391 g/mol. The van der Waals surface area contributed by atoms with Gasteiger partial charge in [0, 0.05) is 31.8 Å². The molecular weight excluding hydrogens is 366 g/mol. The van der Waals surface area contributed by atoms with Crippen molar-refractivity contribution in [2.45, 2.75) is 12.5 Å². The van der Waals surface area contributed by atoms with E-state index in [-0.39, 0.29) is 6.04 Å². The summed E-state index contributed by atoms with van der Waals surface area (Å²) < 4.78 is 0. The number of benzene rings is 4. The summed E-state index contributed by atoms with van der Waals surface area (Å²) in [5.74, 6) is 0. The highest BCUT2D eigenvalue weighted by atomic mass is 15.5. The van der Waals surface area contributed by atoms with Crippen LogP contribution in [-0.2, 0) is 0 Å². The molecule has 4 aromatic rings. The standard InChI is InChI=1S/C27H25N3/c1-29(2)22-17-15-21(16-18-22)27-19-26(28-30(27)23-11-4-3-5-12-23)25-14-8-10-20-9-6-7-13-24(20)25/h3-18,27H,19H2,1-2H3. The highest BCUT2D eigenvalue weighted by molar-refractivity contribution is 6.12. The van der Waals surface area contributed by atoms with Gasteiger partial charge in [0.15, 0.2) is 0 Å². The molecule has 148 valence electrons. The lowest BCUT2D eigenvalue weighted by Crippen LogP contribution is -2.18. The predicted molar refractivity (Wildman–Crippen MR) is 128 cm³/mol. The van der Waals surface area contributed by atoms with Crippen LogP contribution in [0.2, 0.25) is 0 Å². The number of fused-ring (bicyclic) bond motifs is 1. The molecule has 0 aromatic heterocycles. The first-order valence-electron chi connectivity index (χ1n) is 10.4. The smallest absolute Gasteiger partial charge is 0.0831 e. The van der Waals surface area contributed by atoms with Gasteiger partial charge >= 0.3 is 0 Å². The summed E-state index contributed by atoms with van der Waals surface area (Å²) in [7, 11) is 4.14. The fourth-order valence-corrected chi connectivity index (χ4v) is 4.22. The molecular formula is C27H25N3. The lowest BCUT2D eigenvalue weighted by atomic mass is 9.95. The molecule has 1 aliphatic heterocycles. The first-order valence-corrected chi connectivity index (χ1v) is 10.4. The summed E-state index contributed by atoms with van der Waals surface area (Å²) in [6, 6.07) is 34.6. The zero-order valence-electron chi connectivity index (χ0n) is 17.4. The normalized spacial score (nSPS) is 16.0. The lowest BCUT2D eigenvalue weighted by Gasteiger charge is -2.24. The molecule has 5 rings (SSSR count). The highest BCUT2D eigenvalue weighted by Crippen LogP contribution is 2.38. The Morgan fingerprint density at radius 3 is 2.23 bits per heavy atom. The second-order valence-electron chi connectivity index (χ2n) is 7.96. The van der Waals surface area contributed by atoms with Crippen molar-refractivity contribution >= 4 is 27.9 Å². The minimum Gasteiger partial charge on any atom is -0.378 e. The summed E-state index contributed by atoms with van der Waals surface area (Å²) >= 11 is 0. The number of para-hydroxylation sites is 1. The second kappa shape index (κ2) is 7.68. The molecule has 4 aromatic carbocycles. The molecule has 0 radical (unpaired) electrons. The van der Waals surface area contributed by atoms with Crippen LogP contribution in [0.1, 0.15) is 23.6 Å². The van der Waals surface area contributed by atoms with Crippen LogP contribution < -0.4 is 9.91 Å². The third kappa shape index (κ3) is 3.33. The number of hydrogen-bond acceptors (Lipinski definition) is 3. The minimum absolute atomic E-state index is 0.178. The van der Waals surface area contributed by atoms with Crippen molar-refractivity contribution in [2.24, 2.45) is 5.10 Å². The van der Waals surface area contributed by atoms with Gasteiger partial charge in [-0.2, -0.15) is 5.10 Å². The molecule has 3 nitrogen and oxygen atoms in total. The maximum absolute atomic E-state index is 5.13. The fourth-order valence-electron chi connectivity index (χ4n) is 4.22. The van der Waals surface area contributed by atoms with Gasteiger partial charge in [-0.3, -0.25) is 5.01 Å². The largest absolute Gasteiger partial charge is 0.378 e. The lowest BCUT2D eigenvalue weighted by molar-refractivity contribution is 0.709. The van der Waals surface area contributed by atoms with E-state index in [4.69, 9.17) is 5.10 Å². The molecule has 1 unspecified atom stereocenters. The first-order chi connectivity index (χ1) is 14.7. The molecule has 0 N–H and O–H groups in total. The molecule has 0 fully saturated rings. The van der Waals surface area contributed by atoms with E-state index in [1.54, 1.807) is 0 Å². The number of nitrogens with zero attached hydrogens (tertiary/aromatic N) is 3. The van der Waals surface area contributed by atoms with Crippen molar-refractivity contribution in [3.8, 4) is 0 Å². The van der Waals surface area contributed by atoms with Crippen molar-refractivity contribution in [2.75, 3.05) is 24.0 Å². The molecule has 0 amide bonds. The topological polar surface area (TPSA) is 18.8 Å². The van der Waals surface area contributed by atoms with Crippen molar-refractivity contribution in [1.29, 1.82) is 0 Å². The van der Waals surface area contributed by atoms with E-state index in [1.165, 1.54) is 27.6 Å². The van der Waals surface area contributed by atoms with Crippen LogP contribution in [0.15, 0.2) is 102 Å². The summed E-state index contributed by atoms with van der Waals surface area (Å²) in [5.41, 5.74) is 5.97. The average Bonchev–Trinajstić information content (AvgIpc) is 3.24. The zero-order chi connectivity index (χ0) is 20.5. The van der Waals surface area contributed by atoms with Gasteiger partial charge in [0.05, 0.1) is 17.4 Å². The number of hydrazone groups is 1. The Bertz CT molecular complexity index is 1190. The van der Waals surface area contributed by atoms with E-state index >= 15 is 0 Å². The molecule has 1 aliphatic rings. The number of anilines is 2. The van der Waals surface area contributed by atoms with Crippen LogP contribution in [0.3, 0.4) is 0 Å². The quantitative estimate of drug-likeness (QED) is 0.409. The first kappa shape index (κ1) is 18.4. The van der Waals surface area contributed by atoms with Crippen LogP contribution in [0.4, 0.5) is 11.4 Å². The molecule has 0 bridgehead atoms. The van der Waals surface area contributed by atoms with Gasteiger partial charge in [0.1, 0.15) is 0 Å². The van der Waals surface area contributed by atoms with E-state index < -0.39 is 0 Å². The predicted octanol–water partition coefficient (Wildman–Crippen LogP) is 6.26. The fraction of sp³-hybridized carbons (Fsp3) is 0.148. The van der Waals surface area contributed by atoms with Gasteiger partial charge in [0.25, 0.3) is 0 Å². The van der Waals surface area contributed by atoms with Crippen LogP contribution in [0.25, 0.3) is 10.8 Å².